The summed E-state index contributed by atoms with van der Waals surface area (Å²) in [6, 6.07) is 5.96. The summed E-state index contributed by atoms with van der Waals surface area (Å²) in [6.45, 7) is 4.99. The molecule has 0 spiro atoms. The fraction of sp³-hybridized carbons (Fsp3) is 0.500. The zero-order valence-corrected chi connectivity index (χ0v) is 17.2. The van der Waals surface area contributed by atoms with Crippen molar-refractivity contribution in [2.24, 2.45) is 0 Å². The predicted octanol–water partition coefficient (Wildman–Crippen LogP) is 4.87. The number of benzene rings is 1. The Bertz CT molecular complexity index is 901. The van der Waals surface area contributed by atoms with Crippen LogP contribution in [0.4, 0.5) is 11.6 Å². The lowest BCUT2D eigenvalue weighted by Crippen LogP contribution is -2.51. The highest BCUT2D eigenvalue weighted by molar-refractivity contribution is 6.35. The summed E-state index contributed by atoms with van der Waals surface area (Å²) in [5, 5.41) is 1.15. The average molecular weight is 407 g/mol. The van der Waals surface area contributed by atoms with Crippen molar-refractivity contribution >= 4 is 34.8 Å². The number of aromatic nitrogens is 2. The van der Waals surface area contributed by atoms with Crippen LogP contribution in [0, 0.1) is 13.8 Å². The molecule has 1 aromatic carbocycles. The number of hydrogen-bond acceptors (Lipinski definition) is 4. The van der Waals surface area contributed by atoms with E-state index in [9.17, 15) is 4.79 Å². The molecule has 1 aromatic heterocycles. The minimum Gasteiger partial charge on any atom is -0.298 e. The summed E-state index contributed by atoms with van der Waals surface area (Å²) in [4.78, 5) is 22.2. The van der Waals surface area contributed by atoms with Gasteiger partial charge in [0.1, 0.15) is 0 Å². The van der Waals surface area contributed by atoms with Crippen LogP contribution >= 0.6 is 23.2 Å². The van der Waals surface area contributed by atoms with Gasteiger partial charge in [-0.3, -0.25) is 19.2 Å². The first kappa shape index (κ1) is 18.8. The van der Waals surface area contributed by atoms with E-state index in [1.54, 1.807) is 10.6 Å². The molecule has 1 aliphatic carbocycles. The number of anilines is 2. The van der Waals surface area contributed by atoms with Gasteiger partial charge in [-0.15, -0.1) is 0 Å². The third-order valence-corrected chi connectivity index (χ3v) is 6.19. The highest BCUT2D eigenvalue weighted by atomic mass is 35.5. The van der Waals surface area contributed by atoms with Crippen LogP contribution in [-0.4, -0.2) is 27.2 Å². The van der Waals surface area contributed by atoms with Crippen LogP contribution in [-0.2, 0) is 6.67 Å². The van der Waals surface area contributed by atoms with E-state index in [2.05, 4.69) is 9.80 Å². The van der Waals surface area contributed by atoms with Gasteiger partial charge in [-0.2, -0.15) is 0 Å². The van der Waals surface area contributed by atoms with Crippen molar-refractivity contribution in [1.82, 2.24) is 14.5 Å². The molecule has 0 bridgehead atoms. The highest BCUT2D eigenvalue weighted by Crippen LogP contribution is 2.34. The van der Waals surface area contributed by atoms with Gasteiger partial charge in [0.25, 0.3) is 5.56 Å². The third-order valence-electron chi connectivity index (χ3n) is 5.76. The standard InChI is InChI=1S/C20H24Cl2N4O/c1-13-14(2)23-20-25(18-9-15(21)8-16(22)10-18)11-24(12-26(20)19(13)27)17-6-4-3-5-7-17/h8-10,17H,3-7,11-12H2,1-2H3. The molecule has 0 atom stereocenters. The molecule has 1 fully saturated rings. The van der Waals surface area contributed by atoms with Crippen LogP contribution in [0.2, 0.25) is 10.0 Å². The van der Waals surface area contributed by atoms with Gasteiger partial charge < -0.3 is 0 Å². The molecule has 0 saturated heterocycles. The molecule has 2 heterocycles. The van der Waals surface area contributed by atoms with E-state index in [1.807, 2.05) is 26.0 Å². The minimum atomic E-state index is 0.0242. The molecule has 1 saturated carbocycles. The van der Waals surface area contributed by atoms with Gasteiger partial charge in [-0.25, -0.2) is 4.98 Å². The molecular formula is C20H24Cl2N4O. The molecule has 5 nitrogen and oxygen atoms in total. The second kappa shape index (κ2) is 7.46. The van der Waals surface area contributed by atoms with Crippen LogP contribution in [0.5, 0.6) is 0 Å². The fourth-order valence-electron chi connectivity index (χ4n) is 4.12. The Kier molecular flexibility index (Phi) is 5.19. The quantitative estimate of drug-likeness (QED) is 0.713. The first-order chi connectivity index (χ1) is 12.9. The van der Waals surface area contributed by atoms with Gasteiger partial charge in [0.15, 0.2) is 0 Å². The molecule has 27 heavy (non-hydrogen) atoms. The average Bonchev–Trinajstić information content (AvgIpc) is 2.65. The molecule has 4 rings (SSSR count). The minimum absolute atomic E-state index is 0.0242. The summed E-state index contributed by atoms with van der Waals surface area (Å²) in [5.74, 6) is 0.661. The van der Waals surface area contributed by atoms with Crippen molar-refractivity contribution in [3.05, 3.63) is 49.9 Å². The third kappa shape index (κ3) is 3.60. The van der Waals surface area contributed by atoms with E-state index < -0.39 is 0 Å². The van der Waals surface area contributed by atoms with Crippen molar-refractivity contribution in [3.63, 3.8) is 0 Å². The molecule has 0 radical (unpaired) electrons. The molecule has 1 aliphatic heterocycles. The molecular weight excluding hydrogens is 383 g/mol. The normalized spacial score (nSPS) is 18.6. The van der Waals surface area contributed by atoms with E-state index in [0.29, 0.717) is 40.9 Å². The zero-order chi connectivity index (χ0) is 19.1. The summed E-state index contributed by atoms with van der Waals surface area (Å²) in [7, 11) is 0. The Morgan fingerprint density at radius 3 is 2.33 bits per heavy atom. The van der Waals surface area contributed by atoms with Crippen LogP contribution in [0.3, 0.4) is 0 Å². The van der Waals surface area contributed by atoms with Crippen LogP contribution in [0.1, 0.15) is 43.4 Å². The smallest absolute Gasteiger partial charge is 0.259 e. The van der Waals surface area contributed by atoms with E-state index in [0.717, 1.165) is 11.4 Å². The Morgan fingerprint density at radius 1 is 1.00 bits per heavy atom. The van der Waals surface area contributed by atoms with Gasteiger partial charge in [-0.05, 0) is 44.9 Å². The van der Waals surface area contributed by atoms with Gasteiger partial charge >= 0.3 is 0 Å². The zero-order valence-electron chi connectivity index (χ0n) is 15.7. The first-order valence-electron chi connectivity index (χ1n) is 9.50. The van der Waals surface area contributed by atoms with Crippen LogP contribution < -0.4 is 10.5 Å². The van der Waals surface area contributed by atoms with Crippen molar-refractivity contribution in [2.75, 3.05) is 11.6 Å². The van der Waals surface area contributed by atoms with E-state index in [-0.39, 0.29) is 5.56 Å². The van der Waals surface area contributed by atoms with Crippen LogP contribution in [0.25, 0.3) is 0 Å². The largest absolute Gasteiger partial charge is 0.298 e. The molecule has 144 valence electrons. The Hall–Kier alpha value is -1.56. The maximum absolute atomic E-state index is 13.0. The Balaban J connectivity index is 1.82. The second-order valence-electron chi connectivity index (χ2n) is 7.57. The SMILES string of the molecule is Cc1nc2n(c(=O)c1C)CN(C1CCCCC1)CN2c1cc(Cl)cc(Cl)c1. The van der Waals surface area contributed by atoms with Gasteiger partial charge in [0.05, 0.1) is 13.3 Å². The van der Waals surface area contributed by atoms with Gasteiger partial charge in [-0.1, -0.05) is 42.5 Å². The summed E-state index contributed by atoms with van der Waals surface area (Å²) >= 11 is 12.5. The monoisotopic (exact) mass is 406 g/mol. The molecule has 0 unspecified atom stereocenters. The van der Waals surface area contributed by atoms with E-state index in [4.69, 9.17) is 28.2 Å². The molecule has 0 N–H and O–H groups in total. The lowest BCUT2D eigenvalue weighted by atomic mass is 9.94. The molecule has 2 aromatic rings. The van der Waals surface area contributed by atoms with Crippen molar-refractivity contribution in [3.8, 4) is 0 Å². The number of nitrogens with zero attached hydrogens (tertiary/aromatic N) is 4. The van der Waals surface area contributed by atoms with Crippen LogP contribution in [0.15, 0.2) is 23.0 Å². The summed E-state index contributed by atoms with van der Waals surface area (Å²) in [6.07, 6.45) is 6.14. The first-order valence-corrected chi connectivity index (χ1v) is 10.3. The Morgan fingerprint density at radius 2 is 1.67 bits per heavy atom. The molecule has 2 aliphatic rings. The molecule has 0 amide bonds. The lowest BCUT2D eigenvalue weighted by molar-refractivity contribution is 0.107. The van der Waals surface area contributed by atoms with Crippen molar-refractivity contribution in [2.45, 2.75) is 58.7 Å². The van der Waals surface area contributed by atoms with Gasteiger partial charge in [0, 0.05) is 33.0 Å². The maximum Gasteiger partial charge on any atom is 0.259 e. The van der Waals surface area contributed by atoms with Crippen molar-refractivity contribution < 1.29 is 0 Å². The predicted molar refractivity (Wildman–Crippen MR) is 110 cm³/mol. The fourth-order valence-corrected chi connectivity index (χ4v) is 4.63. The van der Waals surface area contributed by atoms with Gasteiger partial charge in [0.2, 0.25) is 5.95 Å². The van der Waals surface area contributed by atoms with Crippen molar-refractivity contribution in [1.29, 1.82) is 0 Å². The number of halogens is 2. The summed E-state index contributed by atoms with van der Waals surface area (Å²) in [5.41, 5.74) is 2.34. The number of fused-ring (bicyclic) bond motifs is 1. The maximum atomic E-state index is 13.0. The highest BCUT2D eigenvalue weighted by Gasteiger charge is 2.31. The summed E-state index contributed by atoms with van der Waals surface area (Å²) < 4.78 is 1.79. The topological polar surface area (TPSA) is 41.4 Å². The number of aryl methyl sites for hydroxylation is 1. The van der Waals surface area contributed by atoms with E-state index in [1.165, 1.54) is 32.1 Å². The Labute approximate surface area is 169 Å². The second-order valence-corrected chi connectivity index (χ2v) is 8.45. The van der Waals surface area contributed by atoms with E-state index >= 15 is 0 Å². The molecule has 7 heteroatoms. The lowest BCUT2D eigenvalue weighted by Gasteiger charge is -2.43. The number of rotatable bonds is 2. The number of hydrogen-bond donors (Lipinski definition) is 0.